The topological polar surface area (TPSA) is 125 Å². The molecule has 1 atom stereocenters. The number of likely N-dealkylation sites (tertiary alicyclic amines) is 1. The van der Waals surface area contributed by atoms with E-state index in [1.807, 2.05) is 13.1 Å². The minimum Gasteiger partial charge on any atom is -0.475 e. The molecule has 0 amide bonds. The molecule has 1 N–H and O–H groups in total. The number of alkyl halides is 3. The van der Waals surface area contributed by atoms with E-state index in [0.29, 0.717) is 18.1 Å². The van der Waals surface area contributed by atoms with Crippen LogP contribution in [0.4, 0.5) is 13.2 Å². The van der Waals surface area contributed by atoms with Crippen molar-refractivity contribution in [2.24, 2.45) is 7.05 Å². The minimum atomic E-state index is -5.08. The number of carbonyl (C=O) groups is 1. The summed E-state index contributed by atoms with van der Waals surface area (Å²) in [6.45, 7) is 3.64. The smallest absolute Gasteiger partial charge is 0.475 e. The molecule has 1 spiro atoms. The molecule has 3 aliphatic heterocycles. The fraction of sp³-hybridized carbons (Fsp3) is 0.435. The number of hydrogen-bond donors (Lipinski definition) is 1. The summed E-state index contributed by atoms with van der Waals surface area (Å²) in [5, 5.41) is 16.0. The van der Waals surface area contributed by atoms with E-state index in [1.165, 1.54) is 5.56 Å². The van der Waals surface area contributed by atoms with Gasteiger partial charge in [-0.2, -0.15) is 13.2 Å². The number of fused-ring (bicyclic) bond motifs is 3. The largest absolute Gasteiger partial charge is 0.490 e. The SMILES string of the molecule is Cn1ccnc1-c1nnc2n(c1=O)CCC21CCN(Cc2ccc3c(c2)OCO3)C1.O=C(O)C(F)(F)F. The van der Waals surface area contributed by atoms with Crippen molar-refractivity contribution in [1.82, 2.24) is 29.2 Å². The van der Waals surface area contributed by atoms with Crippen LogP contribution in [0.25, 0.3) is 11.5 Å². The summed E-state index contributed by atoms with van der Waals surface area (Å²) >= 11 is 0. The first-order chi connectivity index (χ1) is 17.6. The fourth-order valence-electron chi connectivity index (χ4n) is 4.97. The molecule has 1 unspecified atom stereocenters. The molecule has 0 radical (unpaired) electrons. The number of imidazole rings is 1. The third-order valence-corrected chi connectivity index (χ3v) is 6.79. The Morgan fingerprint density at radius 1 is 1.16 bits per heavy atom. The van der Waals surface area contributed by atoms with Crippen molar-refractivity contribution in [2.75, 3.05) is 19.9 Å². The zero-order valence-electron chi connectivity index (χ0n) is 19.7. The number of aryl methyl sites for hydroxylation is 1. The number of hydrogen-bond acceptors (Lipinski definition) is 8. The van der Waals surface area contributed by atoms with E-state index in [0.717, 1.165) is 49.8 Å². The lowest BCUT2D eigenvalue weighted by atomic mass is 9.85. The zero-order chi connectivity index (χ0) is 26.4. The second-order valence-electron chi connectivity index (χ2n) is 9.17. The summed E-state index contributed by atoms with van der Waals surface area (Å²) in [6.07, 6.45) is 0.285. The van der Waals surface area contributed by atoms with Gasteiger partial charge in [-0.05, 0) is 37.1 Å². The van der Waals surface area contributed by atoms with Gasteiger partial charge in [-0.1, -0.05) is 6.07 Å². The third-order valence-electron chi connectivity index (χ3n) is 6.79. The van der Waals surface area contributed by atoms with Crippen molar-refractivity contribution < 1.29 is 32.5 Å². The third kappa shape index (κ3) is 4.63. The molecule has 0 bridgehead atoms. The monoisotopic (exact) mass is 520 g/mol. The molecule has 1 aromatic carbocycles. The van der Waals surface area contributed by atoms with Crippen molar-refractivity contribution in [1.29, 1.82) is 0 Å². The van der Waals surface area contributed by atoms with Crippen molar-refractivity contribution in [3.8, 4) is 23.0 Å². The van der Waals surface area contributed by atoms with Gasteiger partial charge in [0.15, 0.2) is 23.0 Å². The Kier molecular flexibility index (Phi) is 6.14. The first-order valence-electron chi connectivity index (χ1n) is 11.4. The number of ether oxygens (including phenoxy) is 2. The molecule has 2 aromatic heterocycles. The molecule has 0 saturated carbocycles. The fourth-order valence-corrected chi connectivity index (χ4v) is 4.97. The Balaban J connectivity index is 0.000000355. The van der Waals surface area contributed by atoms with Crippen LogP contribution in [0.1, 0.15) is 24.2 Å². The Hall–Kier alpha value is -3.94. The summed E-state index contributed by atoms with van der Waals surface area (Å²) in [5.41, 5.74) is 1.31. The van der Waals surface area contributed by atoms with Gasteiger partial charge < -0.3 is 19.1 Å². The molecule has 3 aliphatic rings. The number of benzene rings is 1. The maximum Gasteiger partial charge on any atom is 0.490 e. The molecule has 196 valence electrons. The van der Waals surface area contributed by atoms with Gasteiger partial charge in [-0.25, -0.2) is 9.78 Å². The van der Waals surface area contributed by atoms with Gasteiger partial charge >= 0.3 is 12.1 Å². The highest BCUT2D eigenvalue weighted by atomic mass is 19.4. The van der Waals surface area contributed by atoms with Crippen LogP contribution in [0.5, 0.6) is 11.5 Å². The van der Waals surface area contributed by atoms with Gasteiger partial charge in [0.05, 0.1) is 0 Å². The normalized spacial score (nSPS) is 20.1. The summed E-state index contributed by atoms with van der Waals surface area (Å²) in [5.74, 6) is 0.233. The van der Waals surface area contributed by atoms with Crippen LogP contribution in [0, 0.1) is 0 Å². The van der Waals surface area contributed by atoms with Crippen LogP contribution in [-0.4, -0.2) is 66.4 Å². The van der Waals surface area contributed by atoms with E-state index >= 15 is 0 Å². The number of carboxylic acids is 1. The van der Waals surface area contributed by atoms with Crippen LogP contribution in [0.15, 0.2) is 35.4 Å². The van der Waals surface area contributed by atoms with Gasteiger partial charge in [0.25, 0.3) is 5.56 Å². The Bertz CT molecular complexity index is 1400. The van der Waals surface area contributed by atoms with Gasteiger partial charge in [-0.15, -0.1) is 10.2 Å². The van der Waals surface area contributed by atoms with Crippen molar-refractivity contribution in [2.45, 2.75) is 37.5 Å². The maximum absolute atomic E-state index is 13.1. The molecule has 5 heterocycles. The standard InChI is InChI=1S/C21H22N6O3.C2HF3O2/c1-25-9-6-22-18(25)17-19(28)27-8-5-21(20(27)24-23-17)4-7-26(12-21)11-14-2-3-15-16(10-14)30-13-29-15;3-2(4,5)1(6)7/h2-3,6,9-10H,4-5,7-8,11-13H2,1H3;(H,6,7). The summed E-state index contributed by atoms with van der Waals surface area (Å²) < 4.78 is 46.2. The molecule has 3 aromatic rings. The number of nitrogens with zero attached hydrogens (tertiary/aromatic N) is 6. The highest BCUT2D eigenvalue weighted by Gasteiger charge is 2.47. The lowest BCUT2D eigenvalue weighted by molar-refractivity contribution is -0.192. The number of halogens is 3. The molecule has 1 fully saturated rings. The molecule has 0 aliphatic carbocycles. The van der Waals surface area contributed by atoms with Crippen molar-refractivity contribution in [3.63, 3.8) is 0 Å². The molecule has 14 heteroatoms. The van der Waals surface area contributed by atoms with E-state index in [1.54, 1.807) is 21.5 Å². The van der Waals surface area contributed by atoms with Crippen LogP contribution in [-0.2, 0) is 30.3 Å². The van der Waals surface area contributed by atoms with Crippen LogP contribution in [0.3, 0.4) is 0 Å². The Morgan fingerprint density at radius 3 is 2.59 bits per heavy atom. The second kappa shape index (κ2) is 9.18. The molecule has 6 rings (SSSR count). The van der Waals surface area contributed by atoms with Crippen molar-refractivity contribution in [3.05, 3.63) is 52.3 Å². The first-order valence-corrected chi connectivity index (χ1v) is 11.4. The van der Waals surface area contributed by atoms with Crippen LogP contribution in [0.2, 0.25) is 0 Å². The average molecular weight is 520 g/mol. The maximum atomic E-state index is 13.1. The summed E-state index contributed by atoms with van der Waals surface area (Å²) in [7, 11) is 1.85. The summed E-state index contributed by atoms with van der Waals surface area (Å²) in [6, 6.07) is 6.11. The van der Waals surface area contributed by atoms with Crippen LogP contribution >= 0.6 is 0 Å². The van der Waals surface area contributed by atoms with Gasteiger partial charge in [0, 0.05) is 44.5 Å². The highest BCUT2D eigenvalue weighted by Crippen LogP contribution is 2.41. The number of carboxylic acid groups (broad SMARTS) is 1. The molecular formula is C23H23F3N6O5. The number of aromatic nitrogens is 5. The van der Waals surface area contributed by atoms with E-state index in [-0.39, 0.29) is 17.8 Å². The van der Waals surface area contributed by atoms with E-state index in [4.69, 9.17) is 19.4 Å². The number of aliphatic carboxylic acids is 1. The summed E-state index contributed by atoms with van der Waals surface area (Å²) in [4.78, 5) is 28.7. The molecule has 1 saturated heterocycles. The van der Waals surface area contributed by atoms with E-state index < -0.39 is 12.1 Å². The van der Waals surface area contributed by atoms with E-state index in [2.05, 4.69) is 32.2 Å². The van der Waals surface area contributed by atoms with E-state index in [9.17, 15) is 18.0 Å². The van der Waals surface area contributed by atoms with Crippen LogP contribution < -0.4 is 15.0 Å². The second-order valence-corrected chi connectivity index (χ2v) is 9.17. The lowest BCUT2D eigenvalue weighted by Crippen LogP contribution is -2.33. The highest BCUT2D eigenvalue weighted by molar-refractivity contribution is 5.73. The Morgan fingerprint density at radius 2 is 1.89 bits per heavy atom. The first kappa shape index (κ1) is 24.7. The molecule has 11 nitrogen and oxygen atoms in total. The predicted octanol–water partition coefficient (Wildman–Crippen LogP) is 1.95. The van der Waals surface area contributed by atoms with Gasteiger partial charge in [0.1, 0.15) is 5.82 Å². The van der Waals surface area contributed by atoms with Gasteiger partial charge in [0.2, 0.25) is 6.79 Å². The Labute approximate surface area is 208 Å². The zero-order valence-corrected chi connectivity index (χ0v) is 19.7. The molecule has 37 heavy (non-hydrogen) atoms. The van der Waals surface area contributed by atoms with Gasteiger partial charge in [-0.3, -0.25) is 14.3 Å². The average Bonchev–Trinajstić information content (AvgIpc) is 3.63. The lowest BCUT2D eigenvalue weighted by Gasteiger charge is -2.23. The molecular weight excluding hydrogens is 497 g/mol. The minimum absolute atomic E-state index is 0.0969. The predicted molar refractivity (Wildman–Crippen MR) is 121 cm³/mol. The number of rotatable bonds is 3. The van der Waals surface area contributed by atoms with Crippen molar-refractivity contribution >= 4 is 5.97 Å². The quantitative estimate of drug-likeness (QED) is 0.552.